The van der Waals surface area contributed by atoms with Crippen LogP contribution in [-0.4, -0.2) is 12.3 Å². The molecule has 11 heavy (non-hydrogen) atoms. The summed E-state index contributed by atoms with van der Waals surface area (Å²) in [6.45, 7) is 7.81. The quantitative estimate of drug-likeness (QED) is 0.537. The summed E-state index contributed by atoms with van der Waals surface area (Å²) in [6.07, 6.45) is 0. The first-order valence-corrected chi connectivity index (χ1v) is 3.64. The Labute approximate surface area is 67.2 Å². The molecular weight excluding hydrogens is 143 g/mol. The van der Waals surface area contributed by atoms with E-state index < -0.39 is 7.32 Å². The number of allylic oxidation sites excluding steroid dienone is 2. The van der Waals surface area contributed by atoms with Crippen LogP contribution < -0.4 is 0 Å². The topological polar surface area (TPSA) is 38.7 Å². The Hall–Kier alpha value is -0.635. The molecule has 0 aromatic heterocycles. The lowest BCUT2D eigenvalue weighted by molar-refractivity contribution is 0.232. The molecule has 0 fully saturated rings. The van der Waals surface area contributed by atoms with E-state index in [-0.39, 0.29) is 5.41 Å². The Morgan fingerprint density at radius 3 is 2.00 bits per heavy atom. The predicted molar refractivity (Wildman–Crippen MR) is 42.3 cm³/mol. The van der Waals surface area contributed by atoms with Crippen molar-refractivity contribution in [3.63, 3.8) is 0 Å². The highest BCUT2D eigenvalue weighted by molar-refractivity contribution is 6.36. The van der Waals surface area contributed by atoms with Crippen LogP contribution in [0.5, 0.6) is 0 Å². The van der Waals surface area contributed by atoms with Gasteiger partial charge in [-0.3, -0.25) is 0 Å². The van der Waals surface area contributed by atoms with Crippen LogP contribution >= 0.6 is 0 Å². The van der Waals surface area contributed by atoms with Gasteiger partial charge in [-0.25, -0.2) is 0 Å². The highest BCUT2D eigenvalue weighted by atomic mass is 16.7. The molecule has 1 N–H and O–H groups in total. The smallest absolute Gasteiger partial charge is 0.502 e. The molecule has 62 valence electrons. The van der Waals surface area contributed by atoms with Crippen LogP contribution in [0.4, 0.5) is 0 Å². The highest BCUT2D eigenvalue weighted by Crippen LogP contribution is 2.33. The van der Waals surface area contributed by atoms with E-state index in [2.05, 4.69) is 0 Å². The van der Waals surface area contributed by atoms with Crippen molar-refractivity contribution >= 4 is 7.32 Å². The van der Waals surface area contributed by atoms with E-state index in [4.69, 9.17) is 14.3 Å². The van der Waals surface area contributed by atoms with Crippen LogP contribution in [0.2, 0.25) is 0 Å². The third-order valence-corrected chi connectivity index (χ3v) is 1.50. The van der Waals surface area contributed by atoms with E-state index in [0.29, 0.717) is 5.76 Å². The first-order valence-electron chi connectivity index (χ1n) is 3.64. The first kappa shape index (κ1) is 8.46. The van der Waals surface area contributed by atoms with Gasteiger partial charge in [0.2, 0.25) is 0 Å². The third-order valence-electron chi connectivity index (χ3n) is 1.50. The maximum atomic E-state index is 8.95. The van der Waals surface area contributed by atoms with Gasteiger partial charge in [-0.2, -0.15) is 0 Å². The second-order valence-corrected chi connectivity index (χ2v) is 3.68. The summed E-state index contributed by atoms with van der Waals surface area (Å²) >= 11 is 0. The molecule has 0 aliphatic carbocycles. The fraction of sp³-hybridized carbons (Fsp3) is 0.714. The van der Waals surface area contributed by atoms with Crippen LogP contribution in [0.1, 0.15) is 27.7 Å². The normalized spacial score (nSPS) is 18.5. The maximum Gasteiger partial charge on any atom is 0.784 e. The average molecular weight is 156 g/mol. The van der Waals surface area contributed by atoms with Crippen LogP contribution in [0.3, 0.4) is 0 Å². The minimum atomic E-state index is -1.11. The molecule has 0 spiro atoms. The fourth-order valence-electron chi connectivity index (χ4n) is 1.12. The van der Waals surface area contributed by atoms with Gasteiger partial charge in [0.25, 0.3) is 0 Å². The molecule has 1 aliphatic rings. The Morgan fingerprint density at radius 2 is 1.82 bits per heavy atom. The third kappa shape index (κ3) is 1.68. The standard InChI is InChI=1S/C7H13BO3/c1-5-6(7(2,3)4)11-8(9)10-5/h9H,1-4H3. The van der Waals surface area contributed by atoms with Gasteiger partial charge in [0, 0.05) is 5.41 Å². The zero-order chi connectivity index (χ0) is 8.65. The van der Waals surface area contributed by atoms with Gasteiger partial charge in [-0.1, -0.05) is 20.8 Å². The molecule has 0 aromatic rings. The van der Waals surface area contributed by atoms with Crippen molar-refractivity contribution in [1.29, 1.82) is 0 Å². The number of hydrogen-bond acceptors (Lipinski definition) is 3. The molecule has 3 nitrogen and oxygen atoms in total. The Kier molecular flexibility index (Phi) is 1.88. The minimum Gasteiger partial charge on any atom is -0.502 e. The van der Waals surface area contributed by atoms with E-state index in [1.54, 1.807) is 6.92 Å². The highest BCUT2D eigenvalue weighted by Gasteiger charge is 2.36. The molecule has 0 saturated carbocycles. The van der Waals surface area contributed by atoms with Crippen molar-refractivity contribution in [2.75, 3.05) is 0 Å². The monoisotopic (exact) mass is 156 g/mol. The van der Waals surface area contributed by atoms with Crippen LogP contribution in [-0.2, 0) is 9.31 Å². The molecule has 0 unspecified atom stereocenters. The molecule has 4 heteroatoms. The first-order chi connectivity index (χ1) is 4.91. The molecule has 1 aliphatic heterocycles. The molecule has 0 amide bonds. The number of hydrogen-bond donors (Lipinski definition) is 1. The Morgan fingerprint density at radius 1 is 1.27 bits per heavy atom. The van der Waals surface area contributed by atoms with E-state index in [0.717, 1.165) is 5.76 Å². The lowest BCUT2D eigenvalue weighted by Crippen LogP contribution is -2.17. The van der Waals surface area contributed by atoms with Crippen molar-refractivity contribution in [3.05, 3.63) is 11.5 Å². The molecule has 0 aromatic carbocycles. The van der Waals surface area contributed by atoms with Gasteiger partial charge in [-0.05, 0) is 6.92 Å². The maximum absolute atomic E-state index is 8.95. The van der Waals surface area contributed by atoms with Gasteiger partial charge >= 0.3 is 7.32 Å². The predicted octanol–water partition coefficient (Wildman–Crippen LogP) is 1.29. The average Bonchev–Trinajstić information content (AvgIpc) is 2.08. The molecule has 0 saturated heterocycles. The van der Waals surface area contributed by atoms with Gasteiger partial charge < -0.3 is 14.3 Å². The Bertz CT molecular complexity index is 192. The summed E-state index contributed by atoms with van der Waals surface area (Å²) in [5.74, 6) is 1.40. The zero-order valence-electron chi connectivity index (χ0n) is 7.34. The molecule has 0 bridgehead atoms. The zero-order valence-corrected chi connectivity index (χ0v) is 7.34. The summed E-state index contributed by atoms with van der Waals surface area (Å²) in [5.41, 5.74) is -0.0957. The lowest BCUT2D eigenvalue weighted by atomic mass is 9.93. The van der Waals surface area contributed by atoms with Crippen LogP contribution in [0.25, 0.3) is 0 Å². The summed E-state index contributed by atoms with van der Waals surface area (Å²) in [4.78, 5) is 0. The van der Waals surface area contributed by atoms with E-state index >= 15 is 0 Å². The van der Waals surface area contributed by atoms with E-state index in [1.807, 2.05) is 20.8 Å². The Balaban J connectivity index is 2.80. The van der Waals surface area contributed by atoms with Gasteiger partial charge in [0.05, 0.1) is 0 Å². The molecule has 0 radical (unpaired) electrons. The van der Waals surface area contributed by atoms with E-state index in [1.165, 1.54) is 0 Å². The number of rotatable bonds is 0. The molecular formula is C7H13BO3. The van der Waals surface area contributed by atoms with Crippen LogP contribution in [0, 0.1) is 5.41 Å². The second-order valence-electron chi connectivity index (χ2n) is 3.68. The van der Waals surface area contributed by atoms with Gasteiger partial charge in [0.15, 0.2) is 0 Å². The molecule has 0 atom stereocenters. The van der Waals surface area contributed by atoms with Crippen molar-refractivity contribution in [1.82, 2.24) is 0 Å². The SMILES string of the molecule is CC1=C(C(C)(C)C)OB(O)O1. The van der Waals surface area contributed by atoms with Crippen molar-refractivity contribution in [2.24, 2.45) is 5.41 Å². The minimum absolute atomic E-state index is 0.0957. The van der Waals surface area contributed by atoms with Gasteiger partial charge in [-0.15, -0.1) is 0 Å². The summed E-state index contributed by atoms with van der Waals surface area (Å²) in [5, 5.41) is 8.95. The summed E-state index contributed by atoms with van der Waals surface area (Å²) in [6, 6.07) is 0. The van der Waals surface area contributed by atoms with Crippen LogP contribution in [0.15, 0.2) is 11.5 Å². The summed E-state index contributed by atoms with van der Waals surface area (Å²) < 4.78 is 9.96. The molecule has 1 heterocycles. The van der Waals surface area contributed by atoms with Crippen molar-refractivity contribution < 1.29 is 14.3 Å². The summed E-state index contributed by atoms with van der Waals surface area (Å²) in [7, 11) is -1.11. The fourth-order valence-corrected chi connectivity index (χ4v) is 1.12. The van der Waals surface area contributed by atoms with Crippen molar-refractivity contribution in [3.8, 4) is 0 Å². The molecule has 1 rings (SSSR count). The largest absolute Gasteiger partial charge is 0.784 e. The second kappa shape index (κ2) is 2.45. The lowest BCUT2D eigenvalue weighted by Gasteiger charge is -2.19. The van der Waals surface area contributed by atoms with E-state index in [9.17, 15) is 0 Å². The van der Waals surface area contributed by atoms with Crippen molar-refractivity contribution in [2.45, 2.75) is 27.7 Å². The van der Waals surface area contributed by atoms with Gasteiger partial charge in [0.1, 0.15) is 11.5 Å².